The Hall–Kier alpha value is -1.40. The van der Waals surface area contributed by atoms with Crippen molar-refractivity contribution >= 4 is 15.9 Å². The summed E-state index contributed by atoms with van der Waals surface area (Å²) in [5.41, 5.74) is 1.02. The second-order valence-electron chi connectivity index (χ2n) is 5.45. The number of rotatable bonds is 5. The van der Waals surface area contributed by atoms with Crippen molar-refractivity contribution in [3.8, 4) is 0 Å². The molecule has 1 aromatic carbocycles. The number of amides is 1. The summed E-state index contributed by atoms with van der Waals surface area (Å²) >= 11 is 0. The van der Waals surface area contributed by atoms with E-state index in [2.05, 4.69) is 4.72 Å². The van der Waals surface area contributed by atoms with Gasteiger partial charge in [-0.25, -0.2) is 13.1 Å². The summed E-state index contributed by atoms with van der Waals surface area (Å²) in [6, 6.07) is 9.54. The number of nitrogens with zero attached hydrogens (tertiary/aromatic N) is 1. The molecule has 2 rings (SSSR count). The van der Waals surface area contributed by atoms with E-state index in [0.29, 0.717) is 32.4 Å². The summed E-state index contributed by atoms with van der Waals surface area (Å²) in [5, 5.41) is 0. The molecule has 21 heavy (non-hydrogen) atoms. The molecule has 0 saturated carbocycles. The van der Waals surface area contributed by atoms with Crippen LogP contribution in [-0.4, -0.2) is 44.1 Å². The molecule has 0 bridgehead atoms. The van der Waals surface area contributed by atoms with Gasteiger partial charge in [-0.05, 0) is 24.8 Å². The summed E-state index contributed by atoms with van der Waals surface area (Å²) in [6.07, 6.45) is 1.89. The van der Waals surface area contributed by atoms with Crippen LogP contribution in [0, 0.1) is 0 Å². The largest absolute Gasteiger partial charge is 0.343 e. The monoisotopic (exact) mass is 310 g/mol. The number of hydrogen-bond acceptors (Lipinski definition) is 3. The van der Waals surface area contributed by atoms with Crippen molar-refractivity contribution in [2.45, 2.75) is 32.2 Å². The first kappa shape index (κ1) is 16.0. The normalized spacial score (nSPS) is 16.9. The molecule has 1 aliphatic heterocycles. The molecule has 0 aliphatic carbocycles. The maximum absolute atomic E-state index is 12.1. The lowest BCUT2D eigenvalue weighted by molar-refractivity contribution is -0.129. The van der Waals surface area contributed by atoms with Crippen molar-refractivity contribution in [1.82, 2.24) is 9.62 Å². The fraction of sp³-hybridized carbons (Fsp3) is 0.533. The van der Waals surface area contributed by atoms with E-state index < -0.39 is 10.0 Å². The molecule has 1 saturated heterocycles. The topological polar surface area (TPSA) is 66.5 Å². The predicted molar refractivity (Wildman–Crippen MR) is 82.3 cm³/mol. The van der Waals surface area contributed by atoms with Crippen molar-refractivity contribution in [1.29, 1.82) is 0 Å². The minimum atomic E-state index is -3.27. The molecule has 1 N–H and O–H groups in total. The molecular formula is C15H22N2O3S. The highest BCUT2D eigenvalue weighted by Crippen LogP contribution is 2.12. The number of sulfonamides is 1. The van der Waals surface area contributed by atoms with E-state index in [1.807, 2.05) is 30.3 Å². The molecule has 0 aromatic heterocycles. The van der Waals surface area contributed by atoms with Crippen LogP contribution in [0.15, 0.2) is 30.3 Å². The molecule has 1 aromatic rings. The van der Waals surface area contributed by atoms with Crippen LogP contribution in [0.1, 0.15) is 25.3 Å². The molecule has 6 heteroatoms. The van der Waals surface area contributed by atoms with Crippen LogP contribution in [0.25, 0.3) is 0 Å². The number of aryl methyl sites for hydroxylation is 1. The Kier molecular flexibility index (Phi) is 5.36. The Morgan fingerprint density at radius 2 is 1.86 bits per heavy atom. The maximum Gasteiger partial charge on any atom is 0.219 e. The predicted octanol–water partition coefficient (Wildman–Crippen LogP) is 1.16. The maximum atomic E-state index is 12.1. The van der Waals surface area contributed by atoms with Crippen LogP contribution in [0.5, 0.6) is 0 Å². The fourth-order valence-electron chi connectivity index (χ4n) is 2.52. The van der Waals surface area contributed by atoms with Crippen LogP contribution >= 0.6 is 0 Å². The third-order valence-corrected chi connectivity index (χ3v) is 5.22. The van der Waals surface area contributed by atoms with Crippen LogP contribution in [0.3, 0.4) is 0 Å². The second-order valence-corrected chi connectivity index (χ2v) is 7.33. The minimum Gasteiger partial charge on any atom is -0.343 e. The highest BCUT2D eigenvalue weighted by Gasteiger charge is 2.24. The van der Waals surface area contributed by atoms with E-state index in [9.17, 15) is 13.2 Å². The van der Waals surface area contributed by atoms with E-state index in [4.69, 9.17) is 0 Å². The number of hydrogen-bond donors (Lipinski definition) is 1. The van der Waals surface area contributed by atoms with E-state index in [0.717, 1.165) is 5.56 Å². The minimum absolute atomic E-state index is 0.0543. The second kappa shape index (κ2) is 7.04. The molecule has 1 aliphatic rings. The van der Waals surface area contributed by atoms with Gasteiger partial charge in [-0.2, -0.15) is 0 Å². The zero-order chi connectivity index (χ0) is 15.3. The molecule has 0 spiro atoms. The Balaban J connectivity index is 1.80. The Morgan fingerprint density at radius 3 is 2.43 bits per heavy atom. The van der Waals surface area contributed by atoms with Gasteiger partial charge in [0.05, 0.1) is 5.75 Å². The van der Waals surface area contributed by atoms with Crippen molar-refractivity contribution in [3.05, 3.63) is 35.9 Å². The van der Waals surface area contributed by atoms with Gasteiger partial charge in [0, 0.05) is 26.1 Å². The average Bonchev–Trinajstić information content (AvgIpc) is 2.46. The summed E-state index contributed by atoms with van der Waals surface area (Å²) in [5.74, 6) is 0.157. The van der Waals surface area contributed by atoms with Gasteiger partial charge in [-0.3, -0.25) is 4.79 Å². The van der Waals surface area contributed by atoms with Crippen LogP contribution in [-0.2, 0) is 21.2 Å². The first-order valence-corrected chi connectivity index (χ1v) is 8.91. The zero-order valence-corrected chi connectivity index (χ0v) is 13.1. The third kappa shape index (κ3) is 5.13. The highest BCUT2D eigenvalue weighted by molar-refractivity contribution is 7.89. The number of piperidine rings is 1. The van der Waals surface area contributed by atoms with Gasteiger partial charge in [0.15, 0.2) is 0 Å². The zero-order valence-electron chi connectivity index (χ0n) is 12.3. The summed E-state index contributed by atoms with van der Waals surface area (Å²) in [7, 11) is -3.27. The van der Waals surface area contributed by atoms with Gasteiger partial charge in [-0.1, -0.05) is 30.3 Å². The lowest BCUT2D eigenvalue weighted by Crippen LogP contribution is -2.46. The van der Waals surface area contributed by atoms with Crippen molar-refractivity contribution in [2.24, 2.45) is 0 Å². The SMILES string of the molecule is CC(=O)N1CCC(NS(=O)(=O)CCc2ccccc2)CC1. The van der Waals surface area contributed by atoms with Crippen molar-refractivity contribution in [3.63, 3.8) is 0 Å². The van der Waals surface area contributed by atoms with Gasteiger partial charge in [0.1, 0.15) is 0 Å². The summed E-state index contributed by atoms with van der Waals surface area (Å²) in [6.45, 7) is 2.80. The number of carbonyl (C=O) groups is 1. The molecule has 0 unspecified atom stereocenters. The molecule has 5 nitrogen and oxygen atoms in total. The standard InChI is InChI=1S/C15H22N2O3S/c1-13(18)17-10-7-15(8-11-17)16-21(19,20)12-9-14-5-3-2-4-6-14/h2-6,15-16H,7-12H2,1H3. The van der Waals surface area contributed by atoms with E-state index in [-0.39, 0.29) is 17.7 Å². The van der Waals surface area contributed by atoms with Crippen LogP contribution in [0.2, 0.25) is 0 Å². The smallest absolute Gasteiger partial charge is 0.219 e. The van der Waals surface area contributed by atoms with Crippen LogP contribution < -0.4 is 4.72 Å². The number of benzene rings is 1. The third-order valence-electron chi connectivity index (χ3n) is 3.79. The first-order chi connectivity index (χ1) is 9.96. The van der Waals surface area contributed by atoms with Gasteiger partial charge < -0.3 is 4.90 Å². The van der Waals surface area contributed by atoms with E-state index in [1.54, 1.807) is 11.8 Å². The molecule has 1 fully saturated rings. The lowest BCUT2D eigenvalue weighted by Gasteiger charge is -2.31. The van der Waals surface area contributed by atoms with Gasteiger partial charge in [-0.15, -0.1) is 0 Å². The Bertz CT molecular complexity index is 564. The first-order valence-electron chi connectivity index (χ1n) is 7.26. The Morgan fingerprint density at radius 1 is 1.24 bits per heavy atom. The molecule has 1 heterocycles. The number of nitrogens with one attached hydrogen (secondary N) is 1. The Labute approximate surface area is 126 Å². The van der Waals surface area contributed by atoms with Crippen molar-refractivity contribution in [2.75, 3.05) is 18.8 Å². The van der Waals surface area contributed by atoms with E-state index >= 15 is 0 Å². The van der Waals surface area contributed by atoms with E-state index in [1.165, 1.54) is 0 Å². The lowest BCUT2D eigenvalue weighted by atomic mass is 10.1. The van der Waals surface area contributed by atoms with Gasteiger partial charge >= 0.3 is 0 Å². The van der Waals surface area contributed by atoms with Crippen molar-refractivity contribution < 1.29 is 13.2 Å². The molecular weight excluding hydrogens is 288 g/mol. The molecule has 116 valence electrons. The quantitative estimate of drug-likeness (QED) is 0.887. The summed E-state index contributed by atoms with van der Waals surface area (Å²) < 4.78 is 27.0. The fourth-order valence-corrected chi connectivity index (χ4v) is 3.89. The molecule has 1 amide bonds. The number of likely N-dealkylation sites (tertiary alicyclic amines) is 1. The number of carbonyl (C=O) groups excluding carboxylic acids is 1. The molecule has 0 atom stereocenters. The van der Waals surface area contributed by atoms with Crippen LogP contribution in [0.4, 0.5) is 0 Å². The highest BCUT2D eigenvalue weighted by atomic mass is 32.2. The van der Waals surface area contributed by atoms with Gasteiger partial charge in [0.25, 0.3) is 0 Å². The summed E-state index contributed by atoms with van der Waals surface area (Å²) in [4.78, 5) is 13.0. The van der Waals surface area contributed by atoms with Gasteiger partial charge in [0.2, 0.25) is 15.9 Å². The molecule has 0 radical (unpaired) electrons. The average molecular weight is 310 g/mol.